The Morgan fingerprint density at radius 3 is 2.18 bits per heavy atom. The summed E-state index contributed by atoms with van der Waals surface area (Å²) >= 11 is 0. The monoisotopic (exact) mass is 235 g/mol. The molecule has 0 saturated carbocycles. The maximum atomic E-state index is 2.38. The second-order valence-electron chi connectivity index (χ2n) is 4.28. The van der Waals surface area contributed by atoms with Crippen molar-refractivity contribution in [3.05, 3.63) is 35.4 Å². The van der Waals surface area contributed by atoms with Gasteiger partial charge in [0.25, 0.3) is 0 Å². The molecule has 0 amide bonds. The van der Waals surface area contributed by atoms with Crippen LogP contribution in [0.1, 0.15) is 38.8 Å². The summed E-state index contributed by atoms with van der Waals surface area (Å²) in [6.45, 7) is 12.7. The quantitative estimate of drug-likeness (QED) is 0.744. The summed E-state index contributed by atoms with van der Waals surface area (Å²) in [6.07, 6.45) is 1.26. The van der Waals surface area contributed by atoms with Gasteiger partial charge in [-0.15, -0.1) is 0 Å². The van der Waals surface area contributed by atoms with Crippen LogP contribution in [0.15, 0.2) is 24.3 Å². The van der Waals surface area contributed by atoms with Gasteiger partial charge in [0.2, 0.25) is 0 Å². The van der Waals surface area contributed by atoms with Crippen LogP contribution >= 0.6 is 0 Å². The van der Waals surface area contributed by atoms with Crippen molar-refractivity contribution in [3.8, 4) is 0 Å². The zero-order chi connectivity index (χ0) is 13.3. The van der Waals surface area contributed by atoms with Crippen molar-refractivity contribution in [1.29, 1.82) is 0 Å². The summed E-state index contributed by atoms with van der Waals surface area (Å²) in [6, 6.07) is 8.87. The van der Waals surface area contributed by atoms with E-state index in [2.05, 4.69) is 43.1 Å². The lowest BCUT2D eigenvalue weighted by Gasteiger charge is -2.36. The van der Waals surface area contributed by atoms with E-state index < -0.39 is 0 Å². The molecule has 0 unspecified atom stereocenters. The van der Waals surface area contributed by atoms with Crippen molar-refractivity contribution in [2.75, 3.05) is 20.1 Å². The van der Waals surface area contributed by atoms with E-state index in [-0.39, 0.29) is 0 Å². The number of rotatable bonds is 2. The third kappa shape index (κ3) is 5.88. The summed E-state index contributed by atoms with van der Waals surface area (Å²) in [5.74, 6) is 0.895. The molecule has 0 N–H and O–H groups in total. The number of likely N-dealkylation sites (tertiary alicyclic amines) is 1. The van der Waals surface area contributed by atoms with E-state index in [9.17, 15) is 0 Å². The molecule has 1 heterocycles. The van der Waals surface area contributed by atoms with E-state index in [0.717, 1.165) is 5.92 Å². The SMILES string of the molecule is CC.CC.Cc1cccc(CC2CN(C)C2)c1. The number of benzene rings is 1. The van der Waals surface area contributed by atoms with Gasteiger partial charge in [0.05, 0.1) is 0 Å². The molecule has 98 valence electrons. The first-order valence-corrected chi connectivity index (χ1v) is 6.98. The van der Waals surface area contributed by atoms with Gasteiger partial charge in [0.1, 0.15) is 0 Å². The molecule has 0 atom stereocenters. The number of aryl methyl sites for hydroxylation is 1. The average Bonchev–Trinajstić information content (AvgIpc) is 2.32. The molecule has 17 heavy (non-hydrogen) atoms. The molecule has 0 bridgehead atoms. The Hall–Kier alpha value is -0.820. The van der Waals surface area contributed by atoms with Crippen LogP contribution in [-0.2, 0) is 6.42 Å². The Bertz CT molecular complexity index is 287. The molecule has 1 aliphatic heterocycles. The van der Waals surface area contributed by atoms with Gasteiger partial charge >= 0.3 is 0 Å². The maximum absolute atomic E-state index is 2.38. The van der Waals surface area contributed by atoms with Gasteiger partial charge in [-0.2, -0.15) is 0 Å². The minimum Gasteiger partial charge on any atom is -0.306 e. The standard InChI is InChI=1S/C12H17N.2C2H6/c1-10-4-3-5-11(6-10)7-12-8-13(2)9-12;2*1-2/h3-6,12H,7-9H2,1-2H3;2*1-2H3. The highest BCUT2D eigenvalue weighted by molar-refractivity contribution is 5.22. The lowest BCUT2D eigenvalue weighted by atomic mass is 9.92. The fourth-order valence-electron chi connectivity index (χ4n) is 2.13. The molecule has 1 aromatic carbocycles. The van der Waals surface area contributed by atoms with Gasteiger partial charge in [-0.05, 0) is 31.9 Å². The minimum absolute atomic E-state index is 0.895. The van der Waals surface area contributed by atoms with Crippen LogP contribution in [0.5, 0.6) is 0 Å². The molecule has 1 fully saturated rings. The molecule has 1 heteroatoms. The van der Waals surface area contributed by atoms with Crippen LogP contribution in [0.25, 0.3) is 0 Å². The molecule has 2 rings (SSSR count). The van der Waals surface area contributed by atoms with Gasteiger partial charge < -0.3 is 4.90 Å². The third-order valence-corrected chi connectivity index (χ3v) is 2.75. The normalized spacial score (nSPS) is 14.9. The van der Waals surface area contributed by atoms with Crippen molar-refractivity contribution in [2.24, 2.45) is 5.92 Å². The Morgan fingerprint density at radius 2 is 1.71 bits per heavy atom. The number of hydrogen-bond acceptors (Lipinski definition) is 1. The number of nitrogens with zero attached hydrogens (tertiary/aromatic N) is 1. The van der Waals surface area contributed by atoms with Crippen molar-refractivity contribution < 1.29 is 0 Å². The highest BCUT2D eigenvalue weighted by atomic mass is 15.2. The van der Waals surface area contributed by atoms with E-state index in [4.69, 9.17) is 0 Å². The van der Waals surface area contributed by atoms with Crippen LogP contribution in [0, 0.1) is 12.8 Å². The zero-order valence-corrected chi connectivity index (χ0v) is 12.5. The van der Waals surface area contributed by atoms with E-state index in [0.29, 0.717) is 0 Å². The fraction of sp³-hybridized carbons (Fsp3) is 0.625. The molecular weight excluding hydrogens is 206 g/mol. The first-order valence-electron chi connectivity index (χ1n) is 6.98. The van der Waals surface area contributed by atoms with Crippen LogP contribution in [-0.4, -0.2) is 25.0 Å². The number of hydrogen-bond donors (Lipinski definition) is 0. The molecule has 0 aliphatic carbocycles. The highest BCUT2D eigenvalue weighted by Crippen LogP contribution is 2.18. The van der Waals surface area contributed by atoms with Gasteiger partial charge in [-0.3, -0.25) is 0 Å². The molecule has 0 spiro atoms. The summed E-state index contributed by atoms with van der Waals surface area (Å²) in [7, 11) is 2.19. The summed E-state index contributed by atoms with van der Waals surface area (Å²) in [5.41, 5.74) is 2.88. The van der Waals surface area contributed by atoms with E-state index >= 15 is 0 Å². The molecular formula is C16H29N. The first kappa shape index (κ1) is 16.2. The molecule has 0 radical (unpaired) electrons. The Morgan fingerprint density at radius 1 is 1.12 bits per heavy atom. The largest absolute Gasteiger partial charge is 0.306 e. The predicted molar refractivity (Wildman–Crippen MR) is 78.6 cm³/mol. The lowest BCUT2D eigenvalue weighted by Crippen LogP contribution is -2.44. The smallest absolute Gasteiger partial charge is 0.00222 e. The third-order valence-electron chi connectivity index (χ3n) is 2.75. The van der Waals surface area contributed by atoms with E-state index in [1.807, 2.05) is 27.7 Å². The van der Waals surface area contributed by atoms with Gasteiger partial charge in [0.15, 0.2) is 0 Å². The van der Waals surface area contributed by atoms with Crippen LogP contribution < -0.4 is 0 Å². The van der Waals surface area contributed by atoms with Crippen LogP contribution in [0.2, 0.25) is 0 Å². The summed E-state index contributed by atoms with van der Waals surface area (Å²) in [5, 5.41) is 0. The van der Waals surface area contributed by atoms with Crippen molar-refractivity contribution >= 4 is 0 Å². The van der Waals surface area contributed by atoms with E-state index in [1.165, 1.54) is 30.6 Å². The summed E-state index contributed by atoms with van der Waals surface area (Å²) < 4.78 is 0. The summed E-state index contributed by atoms with van der Waals surface area (Å²) in [4.78, 5) is 2.38. The van der Waals surface area contributed by atoms with Crippen LogP contribution in [0.3, 0.4) is 0 Å². The van der Waals surface area contributed by atoms with Crippen molar-refractivity contribution in [2.45, 2.75) is 41.0 Å². The van der Waals surface area contributed by atoms with Gasteiger partial charge in [-0.1, -0.05) is 57.5 Å². The molecule has 0 aromatic heterocycles. The van der Waals surface area contributed by atoms with Crippen molar-refractivity contribution in [1.82, 2.24) is 4.90 Å². The Labute approximate surface area is 108 Å². The van der Waals surface area contributed by atoms with E-state index in [1.54, 1.807) is 0 Å². The van der Waals surface area contributed by atoms with Gasteiger partial charge in [-0.25, -0.2) is 0 Å². The second-order valence-corrected chi connectivity index (χ2v) is 4.28. The van der Waals surface area contributed by atoms with Gasteiger partial charge in [0, 0.05) is 13.1 Å². The predicted octanol–water partition coefficient (Wildman–Crippen LogP) is 4.15. The average molecular weight is 235 g/mol. The molecule has 1 saturated heterocycles. The minimum atomic E-state index is 0.895. The first-order chi connectivity index (χ1) is 8.24. The van der Waals surface area contributed by atoms with Crippen molar-refractivity contribution in [3.63, 3.8) is 0 Å². The molecule has 1 nitrogen and oxygen atoms in total. The zero-order valence-electron chi connectivity index (χ0n) is 12.5. The topological polar surface area (TPSA) is 3.24 Å². The highest BCUT2D eigenvalue weighted by Gasteiger charge is 2.22. The molecule has 1 aromatic rings. The fourth-order valence-corrected chi connectivity index (χ4v) is 2.13. The molecule has 1 aliphatic rings. The Balaban J connectivity index is 0.000000581. The second kappa shape index (κ2) is 9.23. The lowest BCUT2D eigenvalue weighted by molar-refractivity contribution is 0.134. The maximum Gasteiger partial charge on any atom is 0.00222 e. The van der Waals surface area contributed by atoms with Crippen LogP contribution in [0.4, 0.5) is 0 Å². The Kier molecular flexibility index (Phi) is 8.79.